The third-order valence-corrected chi connectivity index (χ3v) is 8.24. The minimum absolute atomic E-state index is 0.133. The van der Waals surface area contributed by atoms with Gasteiger partial charge in [-0.2, -0.15) is 0 Å². The predicted octanol–water partition coefficient (Wildman–Crippen LogP) is 4.36. The molecule has 1 saturated carbocycles. The molecular formula is C25H33FN2OS. The molecule has 5 heteroatoms. The molecule has 2 aromatic carbocycles. The minimum atomic E-state index is -0.837. The molecule has 3 atom stereocenters. The number of benzene rings is 2. The summed E-state index contributed by atoms with van der Waals surface area (Å²) in [6.45, 7) is 0.856. The summed E-state index contributed by atoms with van der Waals surface area (Å²) in [5.41, 5.74) is 11.7. The van der Waals surface area contributed by atoms with E-state index in [4.69, 9.17) is 5.73 Å². The molecule has 2 aromatic rings. The zero-order chi connectivity index (χ0) is 21.1. The highest BCUT2D eigenvalue weighted by atomic mass is 32.2. The van der Waals surface area contributed by atoms with E-state index in [1.54, 1.807) is 0 Å². The van der Waals surface area contributed by atoms with E-state index in [1.807, 2.05) is 23.5 Å². The van der Waals surface area contributed by atoms with Crippen LogP contribution in [0.5, 0.6) is 0 Å². The van der Waals surface area contributed by atoms with Crippen LogP contribution in [0.2, 0.25) is 0 Å². The van der Waals surface area contributed by atoms with Crippen LogP contribution in [0, 0.1) is 11.7 Å². The number of aryl methyl sites for hydroxylation is 2. The molecule has 2 aliphatic carbocycles. The molecule has 0 bridgehead atoms. The molecule has 2 aliphatic rings. The number of hydrogen-bond donors (Lipinski definition) is 1. The average Bonchev–Trinajstić information content (AvgIpc) is 3.55. The van der Waals surface area contributed by atoms with Gasteiger partial charge >= 0.3 is 0 Å². The second-order valence-electron chi connectivity index (χ2n) is 9.06. The second kappa shape index (κ2) is 9.71. The van der Waals surface area contributed by atoms with Crippen LogP contribution in [0.3, 0.4) is 0 Å². The van der Waals surface area contributed by atoms with Gasteiger partial charge in [0.15, 0.2) is 0 Å². The molecule has 0 aliphatic heterocycles. The van der Waals surface area contributed by atoms with E-state index in [2.05, 4.69) is 18.2 Å². The summed E-state index contributed by atoms with van der Waals surface area (Å²) in [7, 11) is 1.14. The van der Waals surface area contributed by atoms with Crippen molar-refractivity contribution in [1.82, 2.24) is 4.31 Å². The Morgan fingerprint density at radius 3 is 2.57 bits per heavy atom. The van der Waals surface area contributed by atoms with Gasteiger partial charge in [0.2, 0.25) is 0 Å². The van der Waals surface area contributed by atoms with Gasteiger partial charge in [-0.05, 0) is 92.3 Å². The van der Waals surface area contributed by atoms with E-state index in [1.165, 1.54) is 41.7 Å². The van der Waals surface area contributed by atoms with Gasteiger partial charge in [0, 0.05) is 24.3 Å². The summed E-state index contributed by atoms with van der Waals surface area (Å²) in [6.07, 6.45) is 7.35. The molecule has 3 nitrogen and oxygen atoms in total. The Bertz CT molecular complexity index is 881. The maximum atomic E-state index is 13.3. The van der Waals surface area contributed by atoms with Gasteiger partial charge in [-0.1, -0.05) is 30.3 Å². The molecule has 0 heterocycles. The number of hydrogen-bond acceptors (Lipinski definition) is 2. The van der Waals surface area contributed by atoms with E-state index < -0.39 is 11.0 Å². The minimum Gasteiger partial charge on any atom is -0.327 e. The molecule has 1 fully saturated rings. The standard InChI is InChI=1S/C25H33FN2OS/c1-28(30(29)17-20-4-5-20)14-2-3-18-6-9-21-10-13-25(27)24(23(21)15-18)16-19-7-11-22(26)12-8-19/h6-9,11-12,15,20,24-25H,2-5,10,13-14,16-17,27H2,1H3. The largest absolute Gasteiger partial charge is 0.327 e. The Balaban J connectivity index is 1.39. The van der Waals surface area contributed by atoms with Crippen LogP contribution < -0.4 is 5.73 Å². The molecule has 0 amide bonds. The topological polar surface area (TPSA) is 46.3 Å². The Kier molecular flexibility index (Phi) is 7.01. The number of halogens is 1. The van der Waals surface area contributed by atoms with Crippen LogP contribution in [-0.2, 0) is 30.2 Å². The van der Waals surface area contributed by atoms with Gasteiger partial charge in [0.05, 0.1) is 11.0 Å². The summed E-state index contributed by atoms with van der Waals surface area (Å²) in [4.78, 5) is 0. The Morgan fingerprint density at radius 2 is 1.83 bits per heavy atom. The predicted molar refractivity (Wildman–Crippen MR) is 122 cm³/mol. The molecule has 0 spiro atoms. The normalized spacial score (nSPS) is 22.1. The fraction of sp³-hybridized carbons (Fsp3) is 0.520. The highest BCUT2D eigenvalue weighted by Crippen LogP contribution is 2.34. The Morgan fingerprint density at radius 1 is 1.10 bits per heavy atom. The maximum absolute atomic E-state index is 13.3. The summed E-state index contributed by atoms with van der Waals surface area (Å²) < 4.78 is 27.6. The van der Waals surface area contributed by atoms with E-state index in [0.29, 0.717) is 5.92 Å². The van der Waals surface area contributed by atoms with Crippen molar-refractivity contribution in [3.63, 3.8) is 0 Å². The molecule has 0 saturated heterocycles. The Hall–Kier alpha value is -1.56. The van der Waals surface area contributed by atoms with E-state index in [9.17, 15) is 8.60 Å². The molecule has 4 rings (SSSR count). The van der Waals surface area contributed by atoms with Crippen LogP contribution in [0.4, 0.5) is 4.39 Å². The van der Waals surface area contributed by atoms with Crippen LogP contribution in [-0.4, -0.2) is 33.9 Å². The van der Waals surface area contributed by atoms with Gasteiger partial charge in [-0.15, -0.1) is 0 Å². The number of nitrogens with two attached hydrogens (primary N) is 1. The summed E-state index contributed by atoms with van der Waals surface area (Å²) in [6, 6.07) is 13.8. The third kappa shape index (κ3) is 5.57. The van der Waals surface area contributed by atoms with Gasteiger partial charge in [0.1, 0.15) is 5.82 Å². The maximum Gasteiger partial charge on any atom is 0.123 e. The number of rotatable bonds is 9. The van der Waals surface area contributed by atoms with Gasteiger partial charge < -0.3 is 5.73 Å². The van der Waals surface area contributed by atoms with E-state index >= 15 is 0 Å². The monoisotopic (exact) mass is 428 g/mol. The molecule has 0 aromatic heterocycles. The molecule has 2 N–H and O–H groups in total. The van der Waals surface area contributed by atoms with E-state index in [0.717, 1.165) is 50.0 Å². The molecule has 3 unspecified atom stereocenters. The fourth-order valence-electron chi connectivity index (χ4n) is 4.48. The molecule has 0 radical (unpaired) electrons. The smallest absolute Gasteiger partial charge is 0.123 e. The van der Waals surface area contributed by atoms with Gasteiger partial charge in [-0.25, -0.2) is 12.9 Å². The quantitative estimate of drug-likeness (QED) is 0.645. The van der Waals surface area contributed by atoms with Crippen LogP contribution in [0.25, 0.3) is 0 Å². The SMILES string of the molecule is CN(CCCc1ccc2c(c1)C(Cc1ccc(F)cc1)C(N)CC2)S(=O)CC1CC1. The lowest BCUT2D eigenvalue weighted by atomic mass is 9.76. The fourth-order valence-corrected chi connectivity index (χ4v) is 5.81. The van der Waals surface area contributed by atoms with Gasteiger partial charge in [0.25, 0.3) is 0 Å². The van der Waals surface area contributed by atoms with Crippen molar-refractivity contribution in [1.29, 1.82) is 0 Å². The zero-order valence-electron chi connectivity index (χ0n) is 17.9. The first-order chi connectivity index (χ1) is 14.5. The summed E-state index contributed by atoms with van der Waals surface area (Å²) in [5, 5.41) is 0. The Labute approximate surface area is 182 Å². The van der Waals surface area contributed by atoms with Crippen LogP contribution in [0.15, 0.2) is 42.5 Å². The van der Waals surface area contributed by atoms with Crippen LogP contribution in [0.1, 0.15) is 53.9 Å². The highest BCUT2D eigenvalue weighted by Gasteiger charge is 2.28. The van der Waals surface area contributed by atoms with Gasteiger partial charge in [-0.3, -0.25) is 0 Å². The van der Waals surface area contributed by atoms with Crippen molar-refractivity contribution >= 4 is 11.0 Å². The third-order valence-electron chi connectivity index (χ3n) is 6.60. The van der Waals surface area contributed by atoms with E-state index in [-0.39, 0.29) is 17.8 Å². The lowest BCUT2D eigenvalue weighted by Gasteiger charge is -2.32. The molecular weight excluding hydrogens is 395 g/mol. The number of nitrogens with zero attached hydrogens (tertiary/aromatic N) is 1. The van der Waals surface area contributed by atoms with Crippen molar-refractivity contribution in [2.24, 2.45) is 11.7 Å². The van der Waals surface area contributed by atoms with Crippen molar-refractivity contribution in [2.45, 2.75) is 56.9 Å². The summed E-state index contributed by atoms with van der Waals surface area (Å²) in [5.74, 6) is 1.60. The van der Waals surface area contributed by atoms with Crippen LogP contribution >= 0.6 is 0 Å². The summed E-state index contributed by atoms with van der Waals surface area (Å²) >= 11 is 0. The lowest BCUT2D eigenvalue weighted by molar-refractivity contribution is 0.466. The second-order valence-corrected chi connectivity index (χ2v) is 10.7. The van der Waals surface area contributed by atoms with Crippen molar-refractivity contribution in [3.05, 3.63) is 70.5 Å². The zero-order valence-corrected chi connectivity index (χ0v) is 18.7. The first kappa shape index (κ1) is 21.7. The highest BCUT2D eigenvalue weighted by molar-refractivity contribution is 7.82. The first-order valence-corrected chi connectivity index (χ1v) is 12.5. The number of fused-ring (bicyclic) bond motifs is 1. The lowest BCUT2D eigenvalue weighted by Crippen LogP contribution is -2.34. The molecule has 162 valence electrons. The van der Waals surface area contributed by atoms with Crippen molar-refractivity contribution in [2.75, 3.05) is 19.3 Å². The van der Waals surface area contributed by atoms with Crippen molar-refractivity contribution < 1.29 is 8.60 Å². The first-order valence-electron chi connectivity index (χ1n) is 11.2. The average molecular weight is 429 g/mol. The molecule has 30 heavy (non-hydrogen) atoms. The van der Waals surface area contributed by atoms with Crippen molar-refractivity contribution in [3.8, 4) is 0 Å².